The molecule has 6 heteroatoms. The van der Waals surface area contributed by atoms with Crippen LogP contribution in [-0.4, -0.2) is 31.6 Å². The number of methoxy groups -OCH3 is 1. The maximum Gasteiger partial charge on any atom is 0.337 e. The van der Waals surface area contributed by atoms with Crippen molar-refractivity contribution in [2.45, 2.75) is 12.5 Å². The maximum atomic E-state index is 11.4. The van der Waals surface area contributed by atoms with E-state index in [2.05, 4.69) is 15.4 Å². The van der Waals surface area contributed by atoms with E-state index in [0.717, 1.165) is 0 Å². The minimum atomic E-state index is -0.418. The van der Waals surface area contributed by atoms with E-state index in [1.807, 2.05) is 0 Å². The summed E-state index contributed by atoms with van der Waals surface area (Å²) in [5.74, 6) is -0.408. The number of nitrogens with two attached hydrogens (primary N) is 1. The minimum absolute atomic E-state index is 0.00676. The zero-order valence-electron chi connectivity index (χ0n) is 10.0. The van der Waals surface area contributed by atoms with E-state index in [-0.39, 0.29) is 11.9 Å². The number of anilines is 2. The Bertz CT molecular complexity index is 487. The lowest BCUT2D eigenvalue weighted by atomic mass is 10.1. The Labute approximate surface area is 104 Å². The predicted octanol–water partition coefficient (Wildman–Crippen LogP) is 0.356. The second kappa shape index (κ2) is 4.95. The van der Waals surface area contributed by atoms with Gasteiger partial charge in [-0.2, -0.15) is 0 Å². The molecule has 1 amide bonds. The molecule has 4 N–H and O–H groups in total. The van der Waals surface area contributed by atoms with Gasteiger partial charge >= 0.3 is 5.97 Å². The highest BCUT2D eigenvalue weighted by atomic mass is 16.5. The van der Waals surface area contributed by atoms with Gasteiger partial charge < -0.3 is 21.1 Å². The Morgan fingerprint density at radius 1 is 1.56 bits per heavy atom. The first kappa shape index (κ1) is 12.2. The monoisotopic (exact) mass is 249 g/mol. The summed E-state index contributed by atoms with van der Waals surface area (Å²) in [6, 6.07) is 4.86. The number of nitrogens with one attached hydrogen (secondary N) is 2. The number of hydrogen-bond donors (Lipinski definition) is 3. The number of hydrogen-bond acceptors (Lipinski definition) is 5. The van der Waals surface area contributed by atoms with Crippen LogP contribution >= 0.6 is 0 Å². The zero-order chi connectivity index (χ0) is 13.1. The number of esters is 1. The summed E-state index contributed by atoms with van der Waals surface area (Å²) in [4.78, 5) is 22.5. The van der Waals surface area contributed by atoms with Crippen molar-refractivity contribution < 1.29 is 14.3 Å². The first-order valence-corrected chi connectivity index (χ1v) is 5.61. The molecule has 0 aromatic heterocycles. The Kier molecular flexibility index (Phi) is 3.36. The lowest BCUT2D eigenvalue weighted by Gasteiger charge is -2.14. The molecule has 1 aliphatic heterocycles. The molecule has 0 bridgehead atoms. The van der Waals surface area contributed by atoms with Crippen LogP contribution in [0.25, 0.3) is 0 Å². The molecule has 1 aliphatic rings. The molecule has 96 valence electrons. The Morgan fingerprint density at radius 3 is 2.94 bits per heavy atom. The predicted molar refractivity (Wildman–Crippen MR) is 67.2 cm³/mol. The van der Waals surface area contributed by atoms with E-state index >= 15 is 0 Å². The molecule has 1 unspecified atom stereocenters. The molecule has 1 fully saturated rings. The number of benzene rings is 1. The van der Waals surface area contributed by atoms with Gasteiger partial charge in [-0.05, 0) is 18.2 Å². The fourth-order valence-electron chi connectivity index (χ4n) is 1.85. The summed E-state index contributed by atoms with van der Waals surface area (Å²) in [5, 5.41) is 5.87. The van der Waals surface area contributed by atoms with E-state index in [1.165, 1.54) is 7.11 Å². The molecule has 1 saturated heterocycles. The number of carbonyl (C=O) groups excluding carboxylic acids is 2. The largest absolute Gasteiger partial charge is 0.465 e. The van der Waals surface area contributed by atoms with Crippen LogP contribution in [-0.2, 0) is 9.53 Å². The first-order valence-electron chi connectivity index (χ1n) is 5.61. The molecule has 1 aromatic rings. The van der Waals surface area contributed by atoms with E-state index in [4.69, 9.17) is 5.73 Å². The third kappa shape index (κ3) is 2.53. The molecule has 1 atom stereocenters. The van der Waals surface area contributed by atoms with Crippen LogP contribution in [0.15, 0.2) is 18.2 Å². The molecule has 1 aromatic carbocycles. The molecule has 0 spiro atoms. The fourth-order valence-corrected chi connectivity index (χ4v) is 1.85. The van der Waals surface area contributed by atoms with Crippen LogP contribution in [0.5, 0.6) is 0 Å². The Morgan fingerprint density at radius 2 is 2.33 bits per heavy atom. The lowest BCUT2D eigenvalue weighted by Crippen LogP contribution is -2.23. The Balaban J connectivity index is 2.16. The molecule has 0 aliphatic carbocycles. The van der Waals surface area contributed by atoms with E-state index < -0.39 is 5.97 Å². The smallest absolute Gasteiger partial charge is 0.337 e. The van der Waals surface area contributed by atoms with Crippen LogP contribution < -0.4 is 16.4 Å². The highest BCUT2D eigenvalue weighted by Crippen LogP contribution is 2.22. The van der Waals surface area contributed by atoms with Crippen molar-refractivity contribution >= 4 is 23.3 Å². The molecule has 1 heterocycles. The summed E-state index contributed by atoms with van der Waals surface area (Å²) >= 11 is 0. The first-order chi connectivity index (χ1) is 8.60. The van der Waals surface area contributed by atoms with Crippen molar-refractivity contribution in [2.24, 2.45) is 0 Å². The zero-order valence-corrected chi connectivity index (χ0v) is 10.0. The number of nitrogen functional groups attached to an aromatic ring is 1. The van der Waals surface area contributed by atoms with Gasteiger partial charge in [0.15, 0.2) is 0 Å². The van der Waals surface area contributed by atoms with Gasteiger partial charge in [0.25, 0.3) is 0 Å². The average molecular weight is 249 g/mol. The van der Waals surface area contributed by atoms with Gasteiger partial charge in [-0.3, -0.25) is 4.79 Å². The van der Waals surface area contributed by atoms with Crippen LogP contribution in [0, 0.1) is 0 Å². The lowest BCUT2D eigenvalue weighted by molar-refractivity contribution is -0.119. The van der Waals surface area contributed by atoms with Crippen molar-refractivity contribution in [3.8, 4) is 0 Å². The SMILES string of the molecule is COC(=O)c1ccc(N)c(NC2CNC(=O)C2)c1. The second-order valence-electron chi connectivity index (χ2n) is 4.14. The number of rotatable bonds is 3. The summed E-state index contributed by atoms with van der Waals surface area (Å²) in [6.45, 7) is 0.556. The standard InChI is InChI=1S/C12H15N3O3/c1-18-12(17)7-2-3-9(13)10(4-7)15-8-5-11(16)14-6-8/h2-4,8,15H,5-6,13H2,1H3,(H,14,16). The Hall–Kier alpha value is -2.24. The van der Waals surface area contributed by atoms with Gasteiger partial charge in [-0.1, -0.05) is 0 Å². The summed E-state index contributed by atoms with van der Waals surface area (Å²) in [7, 11) is 1.32. The quantitative estimate of drug-likeness (QED) is 0.531. The summed E-state index contributed by atoms with van der Waals surface area (Å²) in [5.41, 5.74) is 7.41. The van der Waals surface area contributed by atoms with E-state index in [9.17, 15) is 9.59 Å². The fraction of sp³-hybridized carbons (Fsp3) is 0.333. The van der Waals surface area contributed by atoms with Gasteiger partial charge in [0, 0.05) is 13.0 Å². The van der Waals surface area contributed by atoms with Gasteiger partial charge in [0.2, 0.25) is 5.91 Å². The van der Waals surface area contributed by atoms with Gasteiger partial charge in [-0.15, -0.1) is 0 Å². The van der Waals surface area contributed by atoms with Gasteiger partial charge in [-0.25, -0.2) is 4.79 Å². The summed E-state index contributed by atoms with van der Waals surface area (Å²) < 4.78 is 4.64. The van der Waals surface area contributed by atoms with Crippen LogP contribution in [0.4, 0.5) is 11.4 Å². The summed E-state index contributed by atoms with van der Waals surface area (Å²) in [6.07, 6.45) is 0.405. The molecule has 2 rings (SSSR count). The van der Waals surface area contributed by atoms with Crippen LogP contribution in [0.3, 0.4) is 0 Å². The number of carbonyl (C=O) groups is 2. The molecular weight excluding hydrogens is 234 g/mol. The van der Waals surface area contributed by atoms with Gasteiger partial charge in [0.1, 0.15) is 0 Å². The van der Waals surface area contributed by atoms with Crippen molar-refractivity contribution in [3.05, 3.63) is 23.8 Å². The van der Waals surface area contributed by atoms with E-state index in [1.54, 1.807) is 18.2 Å². The van der Waals surface area contributed by atoms with Crippen molar-refractivity contribution in [1.82, 2.24) is 5.32 Å². The molecule has 0 saturated carbocycles. The highest BCUT2D eigenvalue weighted by molar-refractivity contribution is 5.92. The van der Waals surface area contributed by atoms with Crippen molar-refractivity contribution in [3.63, 3.8) is 0 Å². The average Bonchev–Trinajstić information content (AvgIpc) is 2.76. The minimum Gasteiger partial charge on any atom is -0.465 e. The molecule has 18 heavy (non-hydrogen) atoms. The van der Waals surface area contributed by atoms with E-state index in [0.29, 0.717) is 29.9 Å². The molecule has 6 nitrogen and oxygen atoms in total. The third-order valence-electron chi connectivity index (χ3n) is 2.81. The highest BCUT2D eigenvalue weighted by Gasteiger charge is 2.22. The van der Waals surface area contributed by atoms with Crippen molar-refractivity contribution in [1.29, 1.82) is 0 Å². The molecule has 0 radical (unpaired) electrons. The molecular formula is C12H15N3O3. The maximum absolute atomic E-state index is 11.4. The van der Waals surface area contributed by atoms with Crippen molar-refractivity contribution in [2.75, 3.05) is 24.7 Å². The van der Waals surface area contributed by atoms with Crippen LogP contribution in [0.1, 0.15) is 16.8 Å². The van der Waals surface area contributed by atoms with Gasteiger partial charge in [0.05, 0.1) is 30.1 Å². The number of amides is 1. The second-order valence-corrected chi connectivity index (χ2v) is 4.14. The normalized spacial score (nSPS) is 18.3. The topological polar surface area (TPSA) is 93.4 Å². The number of ether oxygens (including phenoxy) is 1. The third-order valence-corrected chi connectivity index (χ3v) is 2.81. The van der Waals surface area contributed by atoms with Crippen LogP contribution in [0.2, 0.25) is 0 Å².